The van der Waals surface area contributed by atoms with Gasteiger partial charge in [-0.2, -0.15) is 0 Å². The Morgan fingerprint density at radius 3 is 2.82 bits per heavy atom. The summed E-state index contributed by atoms with van der Waals surface area (Å²) < 4.78 is 0. The molecule has 2 N–H and O–H groups in total. The molecule has 0 radical (unpaired) electrons. The van der Waals surface area contributed by atoms with Gasteiger partial charge in [0.25, 0.3) is 5.91 Å². The van der Waals surface area contributed by atoms with Gasteiger partial charge < -0.3 is 15.3 Å². The van der Waals surface area contributed by atoms with Gasteiger partial charge in [-0.1, -0.05) is 0 Å². The Morgan fingerprint density at radius 1 is 1.59 bits per heavy atom. The van der Waals surface area contributed by atoms with E-state index in [1.807, 2.05) is 13.8 Å². The van der Waals surface area contributed by atoms with Crippen LogP contribution in [0.15, 0.2) is 18.5 Å². The first-order valence-electron chi connectivity index (χ1n) is 5.65. The van der Waals surface area contributed by atoms with Crippen LogP contribution in [0.1, 0.15) is 24.2 Å². The number of aromatic nitrogens is 1. The highest BCUT2D eigenvalue weighted by atomic mass is 16.3. The highest BCUT2D eigenvalue weighted by Crippen LogP contribution is 2.16. The lowest BCUT2D eigenvalue weighted by atomic mass is 10.1. The number of anilines is 1. The van der Waals surface area contributed by atoms with Gasteiger partial charge in [0.05, 0.1) is 24.1 Å². The number of carbonyl (C=O) groups is 1. The number of pyridine rings is 1. The van der Waals surface area contributed by atoms with E-state index >= 15 is 0 Å². The molecule has 0 aliphatic carbocycles. The molecule has 0 saturated carbocycles. The molecular weight excluding hydrogens is 218 g/mol. The van der Waals surface area contributed by atoms with Crippen molar-refractivity contribution in [2.75, 3.05) is 25.5 Å². The first-order chi connectivity index (χ1) is 8.11. The van der Waals surface area contributed by atoms with Crippen LogP contribution in [0.3, 0.4) is 0 Å². The summed E-state index contributed by atoms with van der Waals surface area (Å²) >= 11 is 0. The van der Waals surface area contributed by atoms with Crippen LogP contribution in [0.4, 0.5) is 5.69 Å². The van der Waals surface area contributed by atoms with Crippen molar-refractivity contribution in [1.82, 2.24) is 9.88 Å². The van der Waals surface area contributed by atoms with Crippen LogP contribution in [-0.4, -0.2) is 47.1 Å². The minimum atomic E-state index is -0.0965. The molecule has 0 atom stereocenters. The molecule has 5 nitrogen and oxygen atoms in total. The largest absolute Gasteiger partial charge is 0.395 e. The maximum Gasteiger partial charge on any atom is 0.256 e. The van der Waals surface area contributed by atoms with E-state index in [9.17, 15) is 4.79 Å². The number of rotatable bonds is 5. The monoisotopic (exact) mass is 237 g/mol. The predicted octanol–water partition coefficient (Wildman–Crippen LogP) is 0.966. The average Bonchev–Trinajstić information content (AvgIpc) is 2.34. The Hall–Kier alpha value is -1.62. The van der Waals surface area contributed by atoms with Crippen LogP contribution in [0, 0.1) is 0 Å². The van der Waals surface area contributed by atoms with Crippen molar-refractivity contribution in [3.05, 3.63) is 24.0 Å². The number of aliphatic hydroxyl groups excluding tert-OH is 1. The van der Waals surface area contributed by atoms with Crippen LogP contribution >= 0.6 is 0 Å². The van der Waals surface area contributed by atoms with Gasteiger partial charge in [0.1, 0.15) is 0 Å². The van der Waals surface area contributed by atoms with E-state index < -0.39 is 0 Å². The van der Waals surface area contributed by atoms with Gasteiger partial charge in [-0.3, -0.25) is 9.78 Å². The van der Waals surface area contributed by atoms with E-state index in [0.29, 0.717) is 17.8 Å². The van der Waals surface area contributed by atoms with Gasteiger partial charge in [-0.05, 0) is 19.9 Å². The number of amides is 1. The van der Waals surface area contributed by atoms with Crippen molar-refractivity contribution in [3.63, 3.8) is 0 Å². The van der Waals surface area contributed by atoms with Gasteiger partial charge in [-0.15, -0.1) is 0 Å². The van der Waals surface area contributed by atoms with Crippen molar-refractivity contribution >= 4 is 11.6 Å². The van der Waals surface area contributed by atoms with Crippen LogP contribution < -0.4 is 5.32 Å². The minimum absolute atomic E-state index is 0.0378. The molecule has 0 aliphatic heterocycles. The van der Waals surface area contributed by atoms with E-state index in [4.69, 9.17) is 5.11 Å². The number of aliphatic hydroxyl groups is 1. The second kappa shape index (κ2) is 6.20. The van der Waals surface area contributed by atoms with Gasteiger partial charge in [0.15, 0.2) is 0 Å². The summed E-state index contributed by atoms with van der Waals surface area (Å²) in [4.78, 5) is 17.9. The van der Waals surface area contributed by atoms with Gasteiger partial charge in [0, 0.05) is 25.8 Å². The summed E-state index contributed by atoms with van der Waals surface area (Å²) in [5.41, 5.74) is 1.27. The van der Waals surface area contributed by atoms with E-state index in [2.05, 4.69) is 10.3 Å². The lowest BCUT2D eigenvalue weighted by Gasteiger charge is -2.26. The zero-order valence-electron chi connectivity index (χ0n) is 10.5. The Balaban J connectivity index is 3.00. The summed E-state index contributed by atoms with van der Waals surface area (Å²) in [5.74, 6) is -0.0965. The molecule has 1 aromatic heterocycles. The molecule has 0 spiro atoms. The molecule has 0 fully saturated rings. The zero-order valence-corrected chi connectivity index (χ0v) is 10.5. The summed E-state index contributed by atoms with van der Waals surface area (Å²) in [6.07, 6.45) is 3.20. The number of nitrogens with one attached hydrogen (secondary N) is 1. The molecular formula is C12H19N3O2. The standard InChI is InChI=1S/C12H19N3O2/c1-9(2)15(6-7-16)12(17)10-4-5-14-8-11(10)13-3/h4-5,8-9,13,16H,6-7H2,1-3H3. The molecule has 0 bridgehead atoms. The molecule has 0 unspecified atom stereocenters. The fraction of sp³-hybridized carbons (Fsp3) is 0.500. The molecule has 94 valence electrons. The smallest absolute Gasteiger partial charge is 0.256 e. The van der Waals surface area contributed by atoms with Gasteiger partial charge in [0.2, 0.25) is 0 Å². The van der Waals surface area contributed by atoms with Crippen molar-refractivity contribution in [1.29, 1.82) is 0 Å². The van der Waals surface area contributed by atoms with Gasteiger partial charge >= 0.3 is 0 Å². The normalized spacial score (nSPS) is 10.4. The van der Waals surface area contributed by atoms with E-state index in [1.165, 1.54) is 0 Å². The quantitative estimate of drug-likeness (QED) is 0.800. The predicted molar refractivity (Wildman–Crippen MR) is 67.0 cm³/mol. The minimum Gasteiger partial charge on any atom is -0.395 e. The van der Waals surface area contributed by atoms with Crippen molar-refractivity contribution in [3.8, 4) is 0 Å². The Morgan fingerprint density at radius 2 is 2.29 bits per heavy atom. The van der Waals surface area contributed by atoms with Crippen LogP contribution in [-0.2, 0) is 0 Å². The molecule has 0 aliphatic rings. The topological polar surface area (TPSA) is 65.5 Å². The second-order valence-electron chi connectivity index (χ2n) is 3.99. The summed E-state index contributed by atoms with van der Waals surface area (Å²) in [6, 6.07) is 1.73. The summed E-state index contributed by atoms with van der Waals surface area (Å²) in [7, 11) is 1.75. The third-order valence-electron chi connectivity index (χ3n) is 2.55. The summed E-state index contributed by atoms with van der Waals surface area (Å²) in [6.45, 7) is 4.15. The molecule has 1 aromatic rings. The van der Waals surface area contributed by atoms with Crippen LogP contribution in [0.2, 0.25) is 0 Å². The highest BCUT2D eigenvalue weighted by Gasteiger charge is 2.20. The Kier molecular flexibility index (Phi) is 4.90. The fourth-order valence-corrected chi connectivity index (χ4v) is 1.64. The van der Waals surface area contributed by atoms with Crippen molar-refractivity contribution in [2.24, 2.45) is 0 Å². The third kappa shape index (κ3) is 3.17. The number of hydrogen-bond acceptors (Lipinski definition) is 4. The van der Waals surface area contributed by atoms with E-state index in [0.717, 1.165) is 0 Å². The SMILES string of the molecule is CNc1cnccc1C(=O)N(CCO)C(C)C. The van der Waals surface area contributed by atoms with E-state index in [-0.39, 0.29) is 18.6 Å². The Labute approximate surface area is 101 Å². The number of hydrogen-bond donors (Lipinski definition) is 2. The highest BCUT2D eigenvalue weighted by molar-refractivity contribution is 5.99. The number of carbonyl (C=O) groups excluding carboxylic acids is 1. The molecule has 1 amide bonds. The summed E-state index contributed by atoms with van der Waals surface area (Å²) in [5, 5.41) is 11.9. The van der Waals surface area contributed by atoms with Crippen LogP contribution in [0.5, 0.6) is 0 Å². The molecule has 1 rings (SSSR count). The third-order valence-corrected chi connectivity index (χ3v) is 2.55. The molecule has 0 saturated heterocycles. The lowest BCUT2D eigenvalue weighted by molar-refractivity contribution is 0.0666. The molecule has 1 heterocycles. The van der Waals surface area contributed by atoms with Crippen molar-refractivity contribution < 1.29 is 9.90 Å². The first-order valence-corrected chi connectivity index (χ1v) is 5.65. The molecule has 5 heteroatoms. The maximum atomic E-state index is 12.3. The molecule has 17 heavy (non-hydrogen) atoms. The lowest BCUT2D eigenvalue weighted by Crippen LogP contribution is -2.39. The first kappa shape index (κ1) is 13.4. The average molecular weight is 237 g/mol. The number of nitrogens with zero attached hydrogens (tertiary/aromatic N) is 2. The zero-order chi connectivity index (χ0) is 12.8. The maximum absolute atomic E-state index is 12.3. The van der Waals surface area contributed by atoms with Gasteiger partial charge in [-0.25, -0.2) is 0 Å². The Bertz CT molecular complexity index is 380. The molecule has 0 aromatic carbocycles. The second-order valence-corrected chi connectivity index (χ2v) is 3.99. The van der Waals surface area contributed by atoms with E-state index in [1.54, 1.807) is 30.4 Å². The van der Waals surface area contributed by atoms with Crippen LogP contribution in [0.25, 0.3) is 0 Å². The van der Waals surface area contributed by atoms with Crippen molar-refractivity contribution in [2.45, 2.75) is 19.9 Å². The fourth-order valence-electron chi connectivity index (χ4n) is 1.64.